The van der Waals surface area contributed by atoms with Crippen LogP contribution in [0, 0.1) is 0 Å². The first-order valence-electron chi connectivity index (χ1n) is 25.7. The van der Waals surface area contributed by atoms with E-state index in [1.807, 2.05) is 85.1 Å². The summed E-state index contributed by atoms with van der Waals surface area (Å²) in [6.45, 7) is 6.33. The van der Waals surface area contributed by atoms with Gasteiger partial charge in [-0.25, -0.2) is 0 Å². The van der Waals surface area contributed by atoms with Gasteiger partial charge in [0.05, 0.1) is 0 Å². The Labute approximate surface area is 392 Å². The molecule has 0 aliphatic carbocycles. The minimum Gasteiger partial charge on any atom is -0.462 e. The maximum absolute atomic E-state index is 12.8. The van der Waals surface area contributed by atoms with E-state index in [0.29, 0.717) is 19.3 Å². The van der Waals surface area contributed by atoms with E-state index >= 15 is 0 Å². The fourth-order valence-corrected chi connectivity index (χ4v) is 6.61. The summed E-state index contributed by atoms with van der Waals surface area (Å²) in [5, 5.41) is 0. The van der Waals surface area contributed by atoms with Gasteiger partial charge in [-0.05, 0) is 57.8 Å². The molecule has 0 fully saturated rings. The van der Waals surface area contributed by atoms with Crippen molar-refractivity contribution in [3.05, 3.63) is 122 Å². The van der Waals surface area contributed by atoms with E-state index < -0.39 is 6.10 Å². The minimum atomic E-state index is -0.812. The van der Waals surface area contributed by atoms with Crippen molar-refractivity contribution in [2.45, 2.75) is 213 Å². The van der Waals surface area contributed by atoms with E-state index in [-0.39, 0.29) is 37.5 Å². The Hall–Kier alpha value is -4.19. The van der Waals surface area contributed by atoms with Gasteiger partial charge in [-0.3, -0.25) is 14.4 Å². The molecule has 0 saturated carbocycles. The average Bonchev–Trinajstić information content (AvgIpc) is 3.29. The lowest BCUT2D eigenvalue weighted by molar-refractivity contribution is -0.167. The van der Waals surface area contributed by atoms with Gasteiger partial charge in [-0.2, -0.15) is 0 Å². The van der Waals surface area contributed by atoms with Gasteiger partial charge in [0.1, 0.15) is 13.2 Å². The fourth-order valence-electron chi connectivity index (χ4n) is 6.61. The number of carbonyl (C=O) groups excluding carboxylic acids is 3. The van der Waals surface area contributed by atoms with Crippen molar-refractivity contribution in [1.82, 2.24) is 0 Å². The number of ether oxygens (including phenoxy) is 3. The molecular formula is C58H92O6. The molecule has 0 rings (SSSR count). The largest absolute Gasteiger partial charge is 0.462 e. The van der Waals surface area contributed by atoms with Crippen molar-refractivity contribution in [1.29, 1.82) is 0 Å². The normalized spacial score (nSPS) is 13.1. The number of hydrogen-bond acceptors (Lipinski definition) is 6. The molecule has 360 valence electrons. The van der Waals surface area contributed by atoms with Crippen LogP contribution in [0.4, 0.5) is 0 Å². The highest BCUT2D eigenvalue weighted by Crippen LogP contribution is 2.14. The lowest BCUT2D eigenvalue weighted by Gasteiger charge is -2.18. The van der Waals surface area contributed by atoms with Crippen LogP contribution in [-0.2, 0) is 28.6 Å². The molecule has 64 heavy (non-hydrogen) atoms. The zero-order chi connectivity index (χ0) is 46.5. The molecule has 1 unspecified atom stereocenters. The second kappa shape index (κ2) is 51.4. The second-order valence-corrected chi connectivity index (χ2v) is 16.6. The Morgan fingerprint density at radius 1 is 0.328 bits per heavy atom. The predicted molar refractivity (Wildman–Crippen MR) is 274 cm³/mol. The van der Waals surface area contributed by atoms with E-state index in [2.05, 4.69) is 57.2 Å². The number of hydrogen-bond donors (Lipinski definition) is 0. The Morgan fingerprint density at radius 3 is 1.03 bits per heavy atom. The van der Waals surface area contributed by atoms with Crippen molar-refractivity contribution in [2.24, 2.45) is 0 Å². The summed E-state index contributed by atoms with van der Waals surface area (Å²) in [7, 11) is 0. The van der Waals surface area contributed by atoms with Gasteiger partial charge in [-0.1, -0.05) is 251 Å². The van der Waals surface area contributed by atoms with Crippen molar-refractivity contribution in [3.8, 4) is 0 Å². The van der Waals surface area contributed by atoms with Gasteiger partial charge in [0.2, 0.25) is 0 Å². The zero-order valence-electron chi connectivity index (χ0n) is 41.0. The summed E-state index contributed by atoms with van der Waals surface area (Å²) in [6, 6.07) is 0. The number of allylic oxidation sites excluding steroid dienone is 20. The number of carbonyl (C=O) groups is 3. The molecule has 0 bridgehead atoms. The summed E-state index contributed by atoms with van der Waals surface area (Å²) in [4.78, 5) is 38.0. The monoisotopic (exact) mass is 885 g/mol. The topological polar surface area (TPSA) is 78.9 Å². The summed E-state index contributed by atoms with van der Waals surface area (Å²) in [6.07, 6.45) is 70.3. The molecule has 6 heteroatoms. The molecule has 0 aliphatic rings. The second-order valence-electron chi connectivity index (χ2n) is 16.6. The minimum absolute atomic E-state index is 0.106. The van der Waals surface area contributed by atoms with E-state index in [9.17, 15) is 14.4 Å². The number of esters is 3. The summed E-state index contributed by atoms with van der Waals surface area (Å²) >= 11 is 0. The first kappa shape index (κ1) is 59.8. The standard InChI is InChI=1S/C58H92O6/c1-4-7-10-13-16-19-22-25-27-28-29-31-33-36-39-42-45-48-51-57(60)63-54-55(53-62-56(59)50-47-44-41-38-35-32-24-21-18-15-12-9-6-3)64-58(61)52-49-46-43-40-37-34-30-26-23-20-17-14-11-8-5-2/h8,10-11,13-14,16-17,19-20,22-23,25-31,34,37,55H,4-7,9,12,15,18,21,24,32-33,35-36,38-54H2,1-3H3/b11-8-,13-10-,17-14-,19-16-,23-20-,25-22-,28-27-,30-26-,31-29-,37-34-. The van der Waals surface area contributed by atoms with Crippen LogP contribution in [0.3, 0.4) is 0 Å². The molecule has 6 nitrogen and oxygen atoms in total. The zero-order valence-corrected chi connectivity index (χ0v) is 41.0. The average molecular weight is 885 g/mol. The number of unbranched alkanes of at least 4 members (excludes halogenated alkanes) is 21. The van der Waals surface area contributed by atoms with Gasteiger partial charge in [0, 0.05) is 19.3 Å². The molecule has 0 heterocycles. The molecule has 1 atom stereocenters. The Bertz CT molecular complexity index is 1390. The number of rotatable bonds is 44. The quantitative estimate of drug-likeness (QED) is 0.0262. The lowest BCUT2D eigenvalue weighted by atomic mass is 10.0. The lowest BCUT2D eigenvalue weighted by Crippen LogP contribution is -2.30. The summed E-state index contributed by atoms with van der Waals surface area (Å²) < 4.78 is 16.7. The smallest absolute Gasteiger partial charge is 0.306 e. The maximum Gasteiger partial charge on any atom is 0.306 e. The van der Waals surface area contributed by atoms with Crippen LogP contribution in [0.25, 0.3) is 0 Å². The van der Waals surface area contributed by atoms with Gasteiger partial charge >= 0.3 is 17.9 Å². The highest BCUT2D eigenvalue weighted by Gasteiger charge is 2.19. The van der Waals surface area contributed by atoms with E-state index in [4.69, 9.17) is 14.2 Å². The Kier molecular flexibility index (Phi) is 48.1. The summed E-state index contributed by atoms with van der Waals surface area (Å²) in [5.74, 6) is -0.980. The molecular weight excluding hydrogens is 793 g/mol. The first-order chi connectivity index (χ1) is 31.5. The van der Waals surface area contributed by atoms with Crippen molar-refractivity contribution in [2.75, 3.05) is 13.2 Å². The maximum atomic E-state index is 12.8. The van der Waals surface area contributed by atoms with Crippen LogP contribution < -0.4 is 0 Å². The van der Waals surface area contributed by atoms with Crippen LogP contribution >= 0.6 is 0 Å². The van der Waals surface area contributed by atoms with Crippen LogP contribution in [0.5, 0.6) is 0 Å². The Balaban J connectivity index is 4.54. The third kappa shape index (κ3) is 48.8. The molecule has 0 aliphatic heterocycles. The van der Waals surface area contributed by atoms with Gasteiger partial charge < -0.3 is 14.2 Å². The van der Waals surface area contributed by atoms with E-state index in [1.54, 1.807) is 0 Å². The van der Waals surface area contributed by atoms with E-state index in [0.717, 1.165) is 89.9 Å². The van der Waals surface area contributed by atoms with Crippen LogP contribution in [0.15, 0.2) is 122 Å². The van der Waals surface area contributed by atoms with Gasteiger partial charge in [0.15, 0.2) is 6.10 Å². The molecule has 0 aromatic rings. The van der Waals surface area contributed by atoms with Crippen LogP contribution in [-0.4, -0.2) is 37.2 Å². The van der Waals surface area contributed by atoms with Crippen molar-refractivity contribution >= 4 is 17.9 Å². The predicted octanol–water partition coefficient (Wildman–Crippen LogP) is 16.9. The molecule has 0 N–H and O–H groups in total. The fraction of sp³-hybridized carbons (Fsp3) is 0.603. The summed E-state index contributed by atoms with van der Waals surface area (Å²) in [5.41, 5.74) is 0. The van der Waals surface area contributed by atoms with E-state index in [1.165, 1.54) is 70.6 Å². The third-order valence-electron chi connectivity index (χ3n) is 10.4. The Morgan fingerprint density at radius 2 is 0.641 bits per heavy atom. The molecule has 0 saturated heterocycles. The molecule has 0 aromatic carbocycles. The molecule has 0 spiro atoms. The molecule has 0 radical (unpaired) electrons. The van der Waals surface area contributed by atoms with Crippen molar-refractivity contribution in [3.63, 3.8) is 0 Å². The van der Waals surface area contributed by atoms with Crippen LogP contribution in [0.2, 0.25) is 0 Å². The SMILES string of the molecule is CC\C=C/C=C\C=C/C=C\C=C/CCCCCC(=O)OC(COC(=O)CCCCCCC\C=C/C=C\C=C/C=C\C=C/CCC)COC(=O)CCCCCCCCCCCCCCC. The third-order valence-corrected chi connectivity index (χ3v) is 10.4. The van der Waals surface area contributed by atoms with Gasteiger partial charge in [-0.15, -0.1) is 0 Å². The highest BCUT2D eigenvalue weighted by molar-refractivity contribution is 5.71. The molecule has 0 aromatic heterocycles. The molecule has 0 amide bonds. The van der Waals surface area contributed by atoms with Crippen molar-refractivity contribution < 1.29 is 28.6 Å². The van der Waals surface area contributed by atoms with Gasteiger partial charge in [0.25, 0.3) is 0 Å². The first-order valence-corrected chi connectivity index (χ1v) is 25.7. The highest BCUT2D eigenvalue weighted by atomic mass is 16.6. The van der Waals surface area contributed by atoms with Crippen LogP contribution in [0.1, 0.15) is 207 Å².